The average molecular weight is 295 g/mol. The molecule has 1 heterocycles. The Kier molecular flexibility index (Phi) is 4.27. The zero-order chi connectivity index (χ0) is 15.6. The van der Waals surface area contributed by atoms with E-state index >= 15 is 0 Å². The zero-order valence-corrected chi connectivity index (χ0v) is 13.0. The van der Waals surface area contributed by atoms with E-state index in [1.54, 1.807) is 20.3 Å². The number of nitrogens with one attached hydrogen (secondary N) is 1. The van der Waals surface area contributed by atoms with Gasteiger partial charge in [-0.05, 0) is 26.8 Å². The summed E-state index contributed by atoms with van der Waals surface area (Å²) in [6.45, 7) is 6.06. The molecule has 6 heteroatoms. The molecule has 0 radical (unpaired) electrons. The van der Waals surface area contributed by atoms with Crippen molar-refractivity contribution in [1.29, 1.82) is 0 Å². The molecule has 0 saturated carbocycles. The van der Waals surface area contributed by atoms with Gasteiger partial charge in [-0.1, -0.05) is 0 Å². The fourth-order valence-corrected chi connectivity index (χ4v) is 1.91. The minimum atomic E-state index is -0.559. The van der Waals surface area contributed by atoms with Gasteiger partial charge in [0.25, 0.3) is 0 Å². The smallest absolute Gasteiger partial charge is 0.412 e. The molecule has 2 rings (SSSR count). The minimum Gasteiger partial charge on any atom is -0.493 e. The van der Waals surface area contributed by atoms with Crippen LogP contribution >= 0.6 is 0 Å². The lowest BCUT2D eigenvalue weighted by Gasteiger charge is -2.21. The highest BCUT2D eigenvalue weighted by molar-refractivity contribution is 5.87. The van der Waals surface area contributed by atoms with E-state index in [1.807, 2.05) is 26.8 Å². The lowest BCUT2D eigenvalue weighted by Crippen LogP contribution is -2.27. The van der Waals surface area contributed by atoms with E-state index in [-0.39, 0.29) is 6.10 Å². The van der Waals surface area contributed by atoms with Crippen LogP contribution in [0.3, 0.4) is 0 Å². The van der Waals surface area contributed by atoms with Gasteiger partial charge >= 0.3 is 6.09 Å². The number of ether oxygens (including phenoxy) is 4. The first kappa shape index (κ1) is 15.4. The molecule has 21 heavy (non-hydrogen) atoms. The van der Waals surface area contributed by atoms with Gasteiger partial charge in [0.05, 0.1) is 26.5 Å². The molecule has 1 aromatic carbocycles. The molecule has 1 fully saturated rings. The van der Waals surface area contributed by atoms with E-state index in [1.165, 1.54) is 0 Å². The molecule has 0 aromatic heterocycles. The van der Waals surface area contributed by atoms with Crippen molar-refractivity contribution in [2.75, 3.05) is 26.1 Å². The van der Waals surface area contributed by atoms with Crippen LogP contribution in [-0.2, 0) is 9.47 Å². The summed E-state index contributed by atoms with van der Waals surface area (Å²) in [6, 6.07) is 3.52. The average Bonchev–Trinajstić information content (AvgIpc) is 3.20. The Bertz CT molecular complexity index is 532. The summed E-state index contributed by atoms with van der Waals surface area (Å²) >= 11 is 0. The molecule has 1 N–H and O–H groups in total. The second-order valence-corrected chi connectivity index (χ2v) is 5.74. The third-order valence-corrected chi connectivity index (χ3v) is 2.87. The van der Waals surface area contributed by atoms with Crippen LogP contribution in [0.25, 0.3) is 0 Å². The van der Waals surface area contributed by atoms with Crippen molar-refractivity contribution in [2.24, 2.45) is 0 Å². The molecule has 1 atom stereocenters. The molecule has 116 valence electrons. The molecule has 0 bridgehead atoms. The largest absolute Gasteiger partial charge is 0.493 e. The van der Waals surface area contributed by atoms with Gasteiger partial charge in [-0.25, -0.2) is 4.79 Å². The number of benzene rings is 1. The SMILES string of the molecule is COc1cc(NC(=O)OC(C)(C)C)c([C@@H]2CO2)cc1OC. The molecule has 1 aliphatic heterocycles. The van der Waals surface area contributed by atoms with Crippen molar-refractivity contribution < 1.29 is 23.7 Å². The van der Waals surface area contributed by atoms with Gasteiger partial charge in [-0.2, -0.15) is 0 Å². The summed E-state index contributed by atoms with van der Waals surface area (Å²) < 4.78 is 21.1. The van der Waals surface area contributed by atoms with Crippen molar-refractivity contribution in [2.45, 2.75) is 32.5 Å². The molecule has 0 unspecified atom stereocenters. The Morgan fingerprint density at radius 2 is 1.81 bits per heavy atom. The summed E-state index contributed by atoms with van der Waals surface area (Å²) in [7, 11) is 3.11. The highest BCUT2D eigenvalue weighted by Gasteiger charge is 2.30. The van der Waals surface area contributed by atoms with Crippen molar-refractivity contribution in [3.05, 3.63) is 17.7 Å². The second kappa shape index (κ2) is 5.81. The number of methoxy groups -OCH3 is 2. The third kappa shape index (κ3) is 4.01. The lowest BCUT2D eigenvalue weighted by molar-refractivity contribution is 0.0635. The Labute approximate surface area is 124 Å². The van der Waals surface area contributed by atoms with Gasteiger partial charge < -0.3 is 18.9 Å². The summed E-state index contributed by atoms with van der Waals surface area (Å²) in [5.41, 5.74) is 0.888. The van der Waals surface area contributed by atoms with E-state index < -0.39 is 11.7 Å². The maximum Gasteiger partial charge on any atom is 0.412 e. The number of rotatable bonds is 4. The van der Waals surface area contributed by atoms with E-state index in [9.17, 15) is 4.79 Å². The number of carbonyl (C=O) groups excluding carboxylic acids is 1. The van der Waals surface area contributed by atoms with Crippen LogP contribution in [0.5, 0.6) is 11.5 Å². The van der Waals surface area contributed by atoms with Crippen molar-refractivity contribution in [1.82, 2.24) is 0 Å². The normalized spacial score (nSPS) is 17.1. The van der Waals surface area contributed by atoms with Crippen molar-refractivity contribution in [3.8, 4) is 11.5 Å². The highest BCUT2D eigenvalue weighted by Crippen LogP contribution is 2.41. The van der Waals surface area contributed by atoms with Crippen LogP contribution in [0.1, 0.15) is 32.4 Å². The standard InChI is InChI=1S/C15H21NO5/c1-15(2,3)21-14(17)16-10-7-12(19-5)11(18-4)6-9(10)13-8-20-13/h6-7,13H,8H2,1-5H3,(H,16,17)/t13-/m0/s1. The van der Waals surface area contributed by atoms with Crippen LogP contribution in [0.15, 0.2) is 12.1 Å². The van der Waals surface area contributed by atoms with Gasteiger partial charge in [0.2, 0.25) is 0 Å². The lowest BCUT2D eigenvalue weighted by atomic mass is 10.1. The number of epoxide rings is 1. The molecular weight excluding hydrogens is 274 g/mol. The predicted octanol–water partition coefficient (Wildman–Crippen LogP) is 3.12. The number of carbonyl (C=O) groups is 1. The summed E-state index contributed by atoms with van der Waals surface area (Å²) in [6.07, 6.45) is -0.550. The number of hydrogen-bond acceptors (Lipinski definition) is 5. The fourth-order valence-electron chi connectivity index (χ4n) is 1.91. The van der Waals surface area contributed by atoms with Gasteiger partial charge in [0.15, 0.2) is 11.5 Å². The molecule has 1 aromatic rings. The molecule has 6 nitrogen and oxygen atoms in total. The topological polar surface area (TPSA) is 69.3 Å². The molecule has 0 aliphatic carbocycles. The molecular formula is C15H21NO5. The van der Waals surface area contributed by atoms with E-state index in [0.717, 1.165) is 5.56 Å². The van der Waals surface area contributed by atoms with E-state index in [4.69, 9.17) is 18.9 Å². The fraction of sp³-hybridized carbons (Fsp3) is 0.533. The van der Waals surface area contributed by atoms with Gasteiger partial charge in [-0.15, -0.1) is 0 Å². The Balaban J connectivity index is 2.26. The van der Waals surface area contributed by atoms with Crippen LogP contribution in [-0.4, -0.2) is 32.5 Å². The molecule has 1 amide bonds. The summed E-state index contributed by atoms with van der Waals surface area (Å²) in [5.74, 6) is 1.13. The first-order valence-corrected chi connectivity index (χ1v) is 6.71. The summed E-state index contributed by atoms with van der Waals surface area (Å²) in [4.78, 5) is 11.9. The molecule has 1 aliphatic rings. The highest BCUT2D eigenvalue weighted by atomic mass is 16.6. The maximum atomic E-state index is 11.9. The predicted molar refractivity (Wildman–Crippen MR) is 78.1 cm³/mol. The maximum absolute atomic E-state index is 11.9. The van der Waals surface area contributed by atoms with E-state index in [2.05, 4.69) is 5.32 Å². The molecule has 0 spiro atoms. The third-order valence-electron chi connectivity index (χ3n) is 2.87. The van der Waals surface area contributed by atoms with Crippen LogP contribution in [0.4, 0.5) is 10.5 Å². The van der Waals surface area contributed by atoms with Crippen LogP contribution in [0, 0.1) is 0 Å². The number of anilines is 1. The van der Waals surface area contributed by atoms with E-state index in [0.29, 0.717) is 23.8 Å². The van der Waals surface area contributed by atoms with Gasteiger partial charge in [0, 0.05) is 11.6 Å². The first-order chi connectivity index (χ1) is 9.84. The molecule has 1 saturated heterocycles. The van der Waals surface area contributed by atoms with Gasteiger partial charge in [0.1, 0.15) is 11.7 Å². The van der Waals surface area contributed by atoms with Crippen molar-refractivity contribution in [3.63, 3.8) is 0 Å². The first-order valence-electron chi connectivity index (χ1n) is 6.71. The number of hydrogen-bond donors (Lipinski definition) is 1. The minimum absolute atomic E-state index is 0.0326. The van der Waals surface area contributed by atoms with Crippen LogP contribution in [0.2, 0.25) is 0 Å². The second-order valence-electron chi connectivity index (χ2n) is 5.74. The Hall–Kier alpha value is -1.95. The number of amides is 1. The van der Waals surface area contributed by atoms with Gasteiger partial charge in [-0.3, -0.25) is 5.32 Å². The zero-order valence-electron chi connectivity index (χ0n) is 13.0. The van der Waals surface area contributed by atoms with Crippen molar-refractivity contribution >= 4 is 11.8 Å². The van der Waals surface area contributed by atoms with Crippen LogP contribution < -0.4 is 14.8 Å². The monoisotopic (exact) mass is 295 g/mol. The quantitative estimate of drug-likeness (QED) is 0.864. The summed E-state index contributed by atoms with van der Waals surface area (Å²) in [5, 5.41) is 2.74. The Morgan fingerprint density at radius 1 is 1.24 bits per heavy atom. The Morgan fingerprint density at radius 3 is 2.29 bits per heavy atom.